The number of rotatable bonds is 1. The molecule has 2 aliphatic carbocycles. The van der Waals surface area contributed by atoms with Crippen LogP contribution in [0.4, 0.5) is 0 Å². The summed E-state index contributed by atoms with van der Waals surface area (Å²) in [4.78, 5) is 11.3. The monoisotopic (exact) mass is 218 g/mol. The van der Waals surface area contributed by atoms with E-state index in [1.807, 2.05) is 0 Å². The van der Waals surface area contributed by atoms with E-state index in [0.29, 0.717) is 0 Å². The Morgan fingerprint density at radius 2 is 1.88 bits per heavy atom. The van der Waals surface area contributed by atoms with Crippen molar-refractivity contribution in [1.29, 1.82) is 0 Å². The second-order valence-electron chi connectivity index (χ2n) is 6.66. The summed E-state index contributed by atoms with van der Waals surface area (Å²) in [5.74, 6) is 0.0505. The maximum atomic E-state index is 11.3. The van der Waals surface area contributed by atoms with Gasteiger partial charge >= 0.3 is 0 Å². The molecule has 0 aromatic carbocycles. The lowest BCUT2D eigenvalue weighted by Crippen LogP contribution is -2.40. The van der Waals surface area contributed by atoms with Gasteiger partial charge in [0.15, 0.2) is 0 Å². The Morgan fingerprint density at radius 1 is 1.25 bits per heavy atom. The van der Waals surface area contributed by atoms with Crippen molar-refractivity contribution in [3.05, 3.63) is 23.8 Å². The number of fused-ring (bicyclic) bond motifs is 1. The molecule has 1 heteroatoms. The van der Waals surface area contributed by atoms with Gasteiger partial charge in [-0.2, -0.15) is 0 Å². The third-order valence-corrected chi connectivity index (χ3v) is 5.03. The van der Waals surface area contributed by atoms with Crippen molar-refractivity contribution >= 4 is 6.29 Å². The van der Waals surface area contributed by atoms with Crippen molar-refractivity contribution in [1.82, 2.24) is 0 Å². The normalized spacial score (nSPS) is 39.1. The molecule has 2 aliphatic rings. The fraction of sp³-hybridized carbons (Fsp3) is 0.667. The summed E-state index contributed by atoms with van der Waals surface area (Å²) >= 11 is 0. The lowest BCUT2D eigenvalue weighted by atomic mass is 9.56. The molecular formula is C15H22O. The van der Waals surface area contributed by atoms with E-state index in [-0.39, 0.29) is 22.2 Å². The van der Waals surface area contributed by atoms with Gasteiger partial charge in [0, 0.05) is 11.3 Å². The van der Waals surface area contributed by atoms with Crippen molar-refractivity contribution < 1.29 is 4.79 Å². The number of carbonyl (C=O) groups is 1. The average molecular weight is 218 g/mol. The molecular weight excluding hydrogens is 196 g/mol. The molecule has 0 fully saturated rings. The van der Waals surface area contributed by atoms with E-state index in [4.69, 9.17) is 0 Å². The van der Waals surface area contributed by atoms with Crippen molar-refractivity contribution in [2.45, 2.75) is 41.0 Å². The van der Waals surface area contributed by atoms with E-state index in [9.17, 15) is 4.79 Å². The molecule has 0 radical (unpaired) electrons. The van der Waals surface area contributed by atoms with Crippen molar-refractivity contribution in [2.75, 3.05) is 0 Å². The highest BCUT2D eigenvalue weighted by atomic mass is 16.1. The molecule has 2 rings (SSSR count). The third-order valence-electron chi connectivity index (χ3n) is 5.03. The summed E-state index contributed by atoms with van der Waals surface area (Å²) in [6, 6.07) is 0. The van der Waals surface area contributed by atoms with Gasteiger partial charge < -0.3 is 4.79 Å². The molecule has 0 saturated carbocycles. The van der Waals surface area contributed by atoms with Crippen molar-refractivity contribution in [3.8, 4) is 0 Å². The molecule has 0 heterocycles. The average Bonchev–Trinajstić information content (AvgIpc) is 2.35. The molecule has 0 spiro atoms. The molecule has 88 valence electrons. The van der Waals surface area contributed by atoms with Crippen LogP contribution >= 0.6 is 0 Å². The molecule has 0 amide bonds. The van der Waals surface area contributed by atoms with Gasteiger partial charge in [0.05, 0.1) is 0 Å². The Kier molecular flexibility index (Phi) is 2.24. The van der Waals surface area contributed by atoms with Crippen LogP contribution in [0.15, 0.2) is 23.8 Å². The minimum absolute atomic E-state index is 0.00171. The Balaban J connectivity index is 2.60. The van der Waals surface area contributed by atoms with Crippen LogP contribution in [0.25, 0.3) is 0 Å². The van der Waals surface area contributed by atoms with Gasteiger partial charge in [-0.3, -0.25) is 0 Å². The number of hydrogen-bond acceptors (Lipinski definition) is 1. The summed E-state index contributed by atoms with van der Waals surface area (Å²) in [5, 5.41) is 0. The van der Waals surface area contributed by atoms with Gasteiger partial charge in [-0.15, -0.1) is 0 Å². The molecule has 16 heavy (non-hydrogen) atoms. The van der Waals surface area contributed by atoms with Crippen molar-refractivity contribution in [2.24, 2.45) is 22.2 Å². The van der Waals surface area contributed by atoms with E-state index in [1.54, 1.807) is 0 Å². The summed E-state index contributed by atoms with van der Waals surface area (Å²) < 4.78 is 0. The first-order chi connectivity index (χ1) is 7.25. The Morgan fingerprint density at radius 3 is 2.38 bits per heavy atom. The number of allylic oxidation sites excluding steroid dienone is 4. The van der Waals surface area contributed by atoms with Crippen LogP contribution in [0.1, 0.15) is 41.0 Å². The van der Waals surface area contributed by atoms with Crippen LogP contribution in [0.5, 0.6) is 0 Å². The zero-order valence-corrected chi connectivity index (χ0v) is 11.0. The van der Waals surface area contributed by atoms with E-state index in [0.717, 1.165) is 12.7 Å². The SMILES string of the molecule is CC1(C)CC=CC2(C)C1=CC(C=O)C2(C)C. The van der Waals surface area contributed by atoms with Crippen LogP contribution < -0.4 is 0 Å². The second-order valence-corrected chi connectivity index (χ2v) is 6.66. The maximum absolute atomic E-state index is 11.3. The largest absolute Gasteiger partial charge is 0.303 e. The Bertz CT molecular complexity index is 384. The first kappa shape index (κ1) is 11.6. The first-order valence-corrected chi connectivity index (χ1v) is 6.11. The molecule has 1 nitrogen and oxygen atoms in total. The molecule has 0 N–H and O–H groups in total. The predicted molar refractivity (Wildman–Crippen MR) is 67.1 cm³/mol. The first-order valence-electron chi connectivity index (χ1n) is 6.11. The van der Waals surface area contributed by atoms with Gasteiger partial charge in [0.2, 0.25) is 0 Å². The minimum Gasteiger partial charge on any atom is -0.303 e. The fourth-order valence-corrected chi connectivity index (χ4v) is 3.40. The summed E-state index contributed by atoms with van der Waals surface area (Å²) in [7, 11) is 0. The van der Waals surface area contributed by atoms with Gasteiger partial charge in [0.25, 0.3) is 0 Å². The van der Waals surface area contributed by atoms with E-state index in [1.165, 1.54) is 5.57 Å². The summed E-state index contributed by atoms with van der Waals surface area (Å²) in [6.45, 7) is 11.3. The van der Waals surface area contributed by atoms with Crippen molar-refractivity contribution in [3.63, 3.8) is 0 Å². The van der Waals surface area contributed by atoms with Gasteiger partial charge in [-0.1, -0.05) is 58.4 Å². The molecule has 0 aromatic rings. The Labute approximate surface area is 98.6 Å². The van der Waals surface area contributed by atoms with Crippen LogP contribution in [-0.4, -0.2) is 6.29 Å². The second kappa shape index (κ2) is 3.09. The molecule has 0 saturated heterocycles. The van der Waals surface area contributed by atoms with Crippen LogP contribution in [0, 0.1) is 22.2 Å². The smallest absolute Gasteiger partial charge is 0.127 e. The van der Waals surface area contributed by atoms with Gasteiger partial charge in [-0.05, 0) is 17.3 Å². The molecule has 2 atom stereocenters. The quantitative estimate of drug-likeness (QED) is 0.484. The molecule has 0 aromatic heterocycles. The lowest BCUT2D eigenvalue weighted by molar-refractivity contribution is -0.113. The predicted octanol–water partition coefficient (Wildman–Crippen LogP) is 3.76. The summed E-state index contributed by atoms with van der Waals surface area (Å²) in [6.07, 6.45) is 9.01. The molecule has 2 unspecified atom stereocenters. The zero-order valence-electron chi connectivity index (χ0n) is 11.0. The molecule has 0 aliphatic heterocycles. The van der Waals surface area contributed by atoms with E-state index < -0.39 is 0 Å². The lowest BCUT2D eigenvalue weighted by Gasteiger charge is -2.47. The standard InChI is InChI=1S/C15H22O/c1-13(2)7-6-8-15(5)12(13)9-11(10-16)14(15,3)4/h6,8-11H,7H2,1-5H3. The highest BCUT2D eigenvalue weighted by Crippen LogP contribution is 2.62. The highest BCUT2D eigenvalue weighted by Gasteiger charge is 2.55. The fourth-order valence-electron chi connectivity index (χ4n) is 3.40. The third kappa shape index (κ3) is 1.20. The van der Waals surface area contributed by atoms with Crippen LogP contribution in [0.3, 0.4) is 0 Å². The number of carbonyl (C=O) groups excluding carboxylic acids is 1. The van der Waals surface area contributed by atoms with Gasteiger partial charge in [0.1, 0.15) is 6.29 Å². The summed E-state index contributed by atoms with van der Waals surface area (Å²) in [5.41, 5.74) is 1.68. The van der Waals surface area contributed by atoms with E-state index >= 15 is 0 Å². The Hall–Kier alpha value is -0.850. The van der Waals surface area contributed by atoms with Crippen LogP contribution in [0.2, 0.25) is 0 Å². The maximum Gasteiger partial charge on any atom is 0.127 e. The topological polar surface area (TPSA) is 17.1 Å². The number of hydrogen-bond donors (Lipinski definition) is 0. The van der Waals surface area contributed by atoms with Crippen LogP contribution in [-0.2, 0) is 4.79 Å². The molecule has 0 bridgehead atoms. The van der Waals surface area contributed by atoms with E-state index in [2.05, 4.69) is 52.8 Å². The number of aldehydes is 1. The highest BCUT2D eigenvalue weighted by molar-refractivity contribution is 5.63. The van der Waals surface area contributed by atoms with Gasteiger partial charge in [-0.25, -0.2) is 0 Å². The zero-order chi connectivity index (χ0) is 12.2. The minimum atomic E-state index is -0.00171.